The SMILES string of the molecule is COC(=O)C1CCC(=O)CN1B(C)O. The average Bonchev–Trinajstić information content (AvgIpc) is 2.16. The van der Waals surface area contributed by atoms with Gasteiger partial charge in [0.1, 0.15) is 11.8 Å². The molecule has 1 aliphatic rings. The molecule has 0 bridgehead atoms. The molecule has 0 aromatic heterocycles. The second-order valence-electron chi connectivity index (χ2n) is 3.42. The number of nitrogens with zero attached hydrogens (tertiary/aromatic N) is 1. The lowest BCUT2D eigenvalue weighted by molar-refractivity contribution is -0.147. The van der Waals surface area contributed by atoms with Crippen molar-refractivity contribution in [2.45, 2.75) is 25.7 Å². The van der Waals surface area contributed by atoms with Crippen LogP contribution in [0.25, 0.3) is 0 Å². The van der Waals surface area contributed by atoms with Crippen LogP contribution in [0.5, 0.6) is 0 Å². The van der Waals surface area contributed by atoms with E-state index in [4.69, 9.17) is 0 Å². The molecule has 0 aromatic rings. The third kappa shape index (κ3) is 2.33. The summed E-state index contributed by atoms with van der Waals surface area (Å²) in [6, 6.07) is -0.488. The summed E-state index contributed by atoms with van der Waals surface area (Å²) in [6.07, 6.45) is 0.805. The number of carbonyl (C=O) groups excluding carboxylic acids is 2. The number of esters is 1. The van der Waals surface area contributed by atoms with Gasteiger partial charge in [-0.05, 0) is 13.2 Å². The maximum absolute atomic E-state index is 11.3. The number of Topliss-reactive ketones (excluding diaryl/α,β-unsaturated/α-hetero) is 1. The first-order valence-corrected chi connectivity index (χ1v) is 4.59. The van der Waals surface area contributed by atoms with Crippen LogP contribution in [0, 0.1) is 0 Å². The number of hydrogen-bond donors (Lipinski definition) is 1. The highest BCUT2D eigenvalue weighted by molar-refractivity contribution is 6.46. The van der Waals surface area contributed by atoms with Crippen LogP contribution in [0.2, 0.25) is 6.82 Å². The van der Waals surface area contributed by atoms with Gasteiger partial charge in [-0.3, -0.25) is 14.4 Å². The summed E-state index contributed by atoms with van der Waals surface area (Å²) >= 11 is 0. The van der Waals surface area contributed by atoms with Crippen molar-refractivity contribution in [3.8, 4) is 0 Å². The first-order chi connectivity index (χ1) is 6.56. The van der Waals surface area contributed by atoms with Crippen LogP contribution in [-0.4, -0.2) is 48.3 Å². The van der Waals surface area contributed by atoms with Crippen molar-refractivity contribution >= 4 is 18.8 Å². The molecule has 1 heterocycles. The molecule has 0 radical (unpaired) electrons. The molecule has 0 amide bonds. The molecule has 0 aliphatic carbocycles. The van der Waals surface area contributed by atoms with E-state index >= 15 is 0 Å². The van der Waals surface area contributed by atoms with Crippen molar-refractivity contribution in [1.29, 1.82) is 0 Å². The van der Waals surface area contributed by atoms with Gasteiger partial charge >= 0.3 is 13.0 Å². The lowest BCUT2D eigenvalue weighted by atomic mass is 9.79. The Hall–Kier alpha value is -0.875. The Morgan fingerprint density at radius 1 is 1.71 bits per heavy atom. The second kappa shape index (κ2) is 4.57. The van der Waals surface area contributed by atoms with Gasteiger partial charge in [0, 0.05) is 13.0 Å². The molecule has 1 atom stereocenters. The molecule has 1 saturated heterocycles. The molecule has 1 fully saturated rings. The van der Waals surface area contributed by atoms with E-state index in [0.29, 0.717) is 12.8 Å². The minimum atomic E-state index is -0.802. The van der Waals surface area contributed by atoms with E-state index in [2.05, 4.69) is 4.74 Å². The Morgan fingerprint density at radius 2 is 2.36 bits per heavy atom. The summed E-state index contributed by atoms with van der Waals surface area (Å²) in [4.78, 5) is 23.9. The Morgan fingerprint density at radius 3 is 2.86 bits per heavy atom. The van der Waals surface area contributed by atoms with Crippen LogP contribution in [-0.2, 0) is 14.3 Å². The van der Waals surface area contributed by atoms with E-state index in [1.54, 1.807) is 0 Å². The fourth-order valence-corrected chi connectivity index (χ4v) is 1.64. The highest BCUT2D eigenvalue weighted by atomic mass is 16.5. The smallest absolute Gasteiger partial charge is 0.377 e. The normalized spacial score (nSPS) is 23.4. The van der Waals surface area contributed by atoms with E-state index in [-0.39, 0.29) is 12.3 Å². The van der Waals surface area contributed by atoms with Crippen molar-refractivity contribution in [3.63, 3.8) is 0 Å². The molecule has 5 nitrogen and oxygen atoms in total. The van der Waals surface area contributed by atoms with Gasteiger partial charge in [-0.2, -0.15) is 0 Å². The Kier molecular flexibility index (Phi) is 3.65. The third-order valence-electron chi connectivity index (χ3n) is 2.41. The maximum Gasteiger partial charge on any atom is 0.377 e. The molecular formula is C8H14BNO4. The fourth-order valence-electron chi connectivity index (χ4n) is 1.64. The lowest BCUT2D eigenvalue weighted by Gasteiger charge is -2.33. The number of hydrogen-bond acceptors (Lipinski definition) is 5. The largest absolute Gasteiger partial charge is 0.468 e. The van der Waals surface area contributed by atoms with Gasteiger partial charge in [-0.1, -0.05) is 0 Å². The number of carbonyl (C=O) groups is 2. The van der Waals surface area contributed by atoms with Crippen molar-refractivity contribution in [2.24, 2.45) is 0 Å². The monoisotopic (exact) mass is 199 g/mol. The van der Waals surface area contributed by atoms with Crippen LogP contribution in [0.1, 0.15) is 12.8 Å². The molecule has 14 heavy (non-hydrogen) atoms. The number of rotatable bonds is 2. The molecule has 1 rings (SSSR count). The standard InChI is InChI=1S/C8H14BNO4/c1-9(13)10-5-6(11)3-4-7(10)8(12)14-2/h7,13H,3-5H2,1-2H3. The fraction of sp³-hybridized carbons (Fsp3) is 0.750. The number of methoxy groups -OCH3 is 1. The third-order valence-corrected chi connectivity index (χ3v) is 2.41. The summed E-state index contributed by atoms with van der Waals surface area (Å²) in [5, 5.41) is 9.38. The van der Waals surface area contributed by atoms with E-state index < -0.39 is 19.1 Å². The molecule has 0 aromatic carbocycles. The van der Waals surface area contributed by atoms with Crippen molar-refractivity contribution in [2.75, 3.05) is 13.7 Å². The Labute approximate surface area is 83.2 Å². The van der Waals surface area contributed by atoms with Gasteiger partial charge in [0.05, 0.1) is 7.11 Å². The average molecular weight is 199 g/mol. The molecule has 0 saturated carbocycles. The maximum atomic E-state index is 11.3. The first kappa shape index (κ1) is 11.2. The topological polar surface area (TPSA) is 66.8 Å². The van der Waals surface area contributed by atoms with Gasteiger partial charge < -0.3 is 9.76 Å². The van der Waals surface area contributed by atoms with Crippen LogP contribution in [0.3, 0.4) is 0 Å². The minimum absolute atomic E-state index is 0.0473. The Bertz CT molecular complexity index is 243. The van der Waals surface area contributed by atoms with Gasteiger partial charge in [0.25, 0.3) is 0 Å². The number of piperidine rings is 1. The summed E-state index contributed by atoms with van der Waals surface area (Å²) in [6.45, 7) is 1.66. The van der Waals surface area contributed by atoms with Gasteiger partial charge in [-0.15, -0.1) is 0 Å². The predicted octanol–water partition coefficient (Wildman–Crippen LogP) is -0.697. The van der Waals surface area contributed by atoms with Crippen LogP contribution >= 0.6 is 0 Å². The second-order valence-corrected chi connectivity index (χ2v) is 3.42. The van der Waals surface area contributed by atoms with E-state index in [0.717, 1.165) is 0 Å². The van der Waals surface area contributed by atoms with Crippen LogP contribution in [0.15, 0.2) is 0 Å². The highest BCUT2D eigenvalue weighted by Gasteiger charge is 2.36. The summed E-state index contributed by atoms with van der Waals surface area (Å²) < 4.78 is 4.60. The van der Waals surface area contributed by atoms with Crippen molar-refractivity contribution in [1.82, 2.24) is 4.81 Å². The zero-order valence-electron chi connectivity index (χ0n) is 8.40. The molecule has 6 heteroatoms. The lowest BCUT2D eigenvalue weighted by Crippen LogP contribution is -2.54. The summed E-state index contributed by atoms with van der Waals surface area (Å²) in [5.41, 5.74) is 0. The number of ether oxygens (including phenoxy) is 1. The van der Waals surface area contributed by atoms with Gasteiger partial charge in [0.15, 0.2) is 0 Å². The predicted molar refractivity (Wildman–Crippen MR) is 50.6 cm³/mol. The van der Waals surface area contributed by atoms with E-state index in [1.165, 1.54) is 18.7 Å². The molecule has 1 N–H and O–H groups in total. The molecular weight excluding hydrogens is 185 g/mol. The summed E-state index contributed by atoms with van der Waals surface area (Å²) in [7, 11) is 0.502. The Balaban J connectivity index is 2.72. The number of ketones is 1. The summed E-state index contributed by atoms with van der Waals surface area (Å²) in [5.74, 6) is -0.343. The molecule has 0 spiro atoms. The van der Waals surface area contributed by atoms with E-state index in [9.17, 15) is 14.6 Å². The van der Waals surface area contributed by atoms with Crippen molar-refractivity contribution < 1.29 is 19.3 Å². The van der Waals surface area contributed by atoms with E-state index in [1.807, 2.05) is 0 Å². The molecule has 1 unspecified atom stereocenters. The van der Waals surface area contributed by atoms with Gasteiger partial charge in [0.2, 0.25) is 0 Å². The van der Waals surface area contributed by atoms with Crippen molar-refractivity contribution in [3.05, 3.63) is 0 Å². The highest BCUT2D eigenvalue weighted by Crippen LogP contribution is 2.16. The van der Waals surface area contributed by atoms with Gasteiger partial charge in [-0.25, -0.2) is 0 Å². The molecule has 78 valence electrons. The van der Waals surface area contributed by atoms with Crippen LogP contribution in [0.4, 0.5) is 0 Å². The molecule has 1 aliphatic heterocycles. The quantitative estimate of drug-likeness (QED) is 0.470. The first-order valence-electron chi connectivity index (χ1n) is 4.59. The zero-order chi connectivity index (χ0) is 10.7. The van der Waals surface area contributed by atoms with Crippen LogP contribution < -0.4 is 0 Å². The minimum Gasteiger partial charge on any atom is -0.468 e. The zero-order valence-corrected chi connectivity index (χ0v) is 8.40.